The highest BCUT2D eigenvalue weighted by atomic mass is 16.5. The molecule has 0 amide bonds. The first-order valence-corrected chi connectivity index (χ1v) is 13.9. The van der Waals surface area contributed by atoms with Crippen LogP contribution in [0.1, 0.15) is 69.3 Å². The fourth-order valence-electron chi connectivity index (χ4n) is 5.01. The van der Waals surface area contributed by atoms with Gasteiger partial charge in [0, 0.05) is 30.9 Å². The molecule has 202 valence electrons. The van der Waals surface area contributed by atoms with Crippen molar-refractivity contribution in [3.8, 4) is 28.0 Å². The zero-order chi connectivity index (χ0) is 27.1. The molecule has 38 heavy (non-hydrogen) atoms. The third-order valence-electron chi connectivity index (χ3n) is 7.08. The molecule has 0 spiro atoms. The van der Waals surface area contributed by atoms with Crippen molar-refractivity contribution in [3.05, 3.63) is 71.8 Å². The average Bonchev–Trinajstić information content (AvgIpc) is 3.46. The minimum absolute atomic E-state index is 0.00335. The first kappa shape index (κ1) is 27.7. The van der Waals surface area contributed by atoms with Gasteiger partial charge in [-0.05, 0) is 96.7 Å². The minimum Gasteiger partial charge on any atom is -0.493 e. The Hall–Kier alpha value is -3.31. The lowest BCUT2D eigenvalue weighted by atomic mass is 9.83. The number of hydrogen-bond acceptors (Lipinski definition) is 5. The van der Waals surface area contributed by atoms with E-state index in [1.807, 2.05) is 37.3 Å². The molecule has 0 atom stereocenters. The fourth-order valence-corrected chi connectivity index (χ4v) is 5.01. The summed E-state index contributed by atoms with van der Waals surface area (Å²) in [6.45, 7) is 11.9. The van der Waals surface area contributed by atoms with E-state index in [1.165, 1.54) is 24.1 Å². The molecule has 1 fully saturated rings. The van der Waals surface area contributed by atoms with E-state index in [9.17, 15) is 9.90 Å². The summed E-state index contributed by atoms with van der Waals surface area (Å²) >= 11 is 0. The van der Waals surface area contributed by atoms with Crippen LogP contribution in [0.15, 0.2) is 60.7 Å². The zero-order valence-corrected chi connectivity index (χ0v) is 23.3. The predicted octanol–water partition coefficient (Wildman–Crippen LogP) is 7.25. The van der Waals surface area contributed by atoms with Crippen LogP contribution in [0.3, 0.4) is 0 Å². The highest BCUT2D eigenvalue weighted by Crippen LogP contribution is 2.40. The molecule has 0 bridgehead atoms. The summed E-state index contributed by atoms with van der Waals surface area (Å²) in [6.07, 6.45) is 4.01. The molecular formula is C33H41NO4. The Morgan fingerprint density at radius 3 is 2.24 bits per heavy atom. The number of carbonyl (C=O) groups is 1. The molecule has 0 unspecified atom stereocenters. The molecule has 0 radical (unpaired) electrons. The molecule has 3 aromatic carbocycles. The van der Waals surface area contributed by atoms with Gasteiger partial charge in [-0.2, -0.15) is 0 Å². The Kier molecular flexibility index (Phi) is 9.11. The first-order chi connectivity index (χ1) is 18.3. The average molecular weight is 516 g/mol. The molecule has 3 aromatic rings. The van der Waals surface area contributed by atoms with Crippen LogP contribution in [0.25, 0.3) is 22.3 Å². The number of benzene rings is 3. The molecule has 1 aliphatic rings. The Balaban J connectivity index is 1.74. The van der Waals surface area contributed by atoms with Gasteiger partial charge >= 0.3 is 5.97 Å². The summed E-state index contributed by atoms with van der Waals surface area (Å²) in [7, 11) is 0. The summed E-state index contributed by atoms with van der Waals surface area (Å²) in [6, 6.07) is 20.7. The number of unbranched alkanes of at least 4 members (excludes halogenated alkanes) is 1. The number of aliphatic hydroxyl groups excluding tert-OH is 1. The van der Waals surface area contributed by atoms with E-state index in [4.69, 9.17) is 9.47 Å². The van der Waals surface area contributed by atoms with Crippen molar-refractivity contribution in [1.82, 2.24) is 0 Å². The molecule has 1 saturated heterocycles. The number of carbonyl (C=O) groups excluding carboxylic acids is 1. The fraction of sp³-hybridized carbons (Fsp3) is 0.424. The molecule has 5 nitrogen and oxygen atoms in total. The van der Waals surface area contributed by atoms with E-state index >= 15 is 0 Å². The van der Waals surface area contributed by atoms with Gasteiger partial charge in [0.25, 0.3) is 0 Å². The van der Waals surface area contributed by atoms with Gasteiger partial charge in [0.05, 0.1) is 18.8 Å². The smallest absolute Gasteiger partial charge is 0.338 e. The van der Waals surface area contributed by atoms with Crippen LogP contribution in [0, 0.1) is 0 Å². The van der Waals surface area contributed by atoms with Crippen molar-refractivity contribution in [3.63, 3.8) is 0 Å². The summed E-state index contributed by atoms with van der Waals surface area (Å²) in [5.74, 6) is 0.530. The molecule has 0 saturated carbocycles. The Bertz CT molecular complexity index is 1220. The maximum absolute atomic E-state index is 12.1. The van der Waals surface area contributed by atoms with Gasteiger partial charge in [0.2, 0.25) is 0 Å². The SMILES string of the molecule is CCOC(=O)c1ccc(-c2ccc(OCCCCO)c(-c3ccc(N4CCCC4)c(C(C)(C)C)c3)c2)cc1. The van der Waals surface area contributed by atoms with Crippen molar-refractivity contribution < 1.29 is 19.4 Å². The third-order valence-corrected chi connectivity index (χ3v) is 7.08. The molecule has 4 rings (SSSR count). The van der Waals surface area contributed by atoms with Crippen LogP contribution in [0.5, 0.6) is 5.75 Å². The highest BCUT2D eigenvalue weighted by molar-refractivity contribution is 5.90. The van der Waals surface area contributed by atoms with E-state index in [-0.39, 0.29) is 18.0 Å². The molecule has 1 N–H and O–H groups in total. The molecule has 0 aromatic heterocycles. The van der Waals surface area contributed by atoms with Crippen LogP contribution >= 0.6 is 0 Å². The number of ether oxygens (including phenoxy) is 2. The van der Waals surface area contributed by atoms with Crippen LogP contribution in [0.2, 0.25) is 0 Å². The highest BCUT2D eigenvalue weighted by Gasteiger charge is 2.24. The van der Waals surface area contributed by atoms with Crippen LogP contribution < -0.4 is 9.64 Å². The second-order valence-electron chi connectivity index (χ2n) is 11.0. The van der Waals surface area contributed by atoms with Gasteiger partial charge in [0.1, 0.15) is 5.75 Å². The summed E-state index contributed by atoms with van der Waals surface area (Å²) in [5, 5.41) is 9.18. The summed E-state index contributed by atoms with van der Waals surface area (Å²) in [5.41, 5.74) is 7.46. The van der Waals surface area contributed by atoms with Gasteiger partial charge in [-0.15, -0.1) is 0 Å². The molecule has 5 heteroatoms. The lowest BCUT2D eigenvalue weighted by molar-refractivity contribution is 0.0526. The molecular weight excluding hydrogens is 474 g/mol. The maximum atomic E-state index is 12.1. The second-order valence-corrected chi connectivity index (χ2v) is 11.0. The number of esters is 1. The van der Waals surface area contributed by atoms with Crippen molar-refractivity contribution in [1.29, 1.82) is 0 Å². The minimum atomic E-state index is -0.306. The standard InChI is InChI=1S/C33H41NO4/c1-5-37-32(36)25-12-10-24(11-13-25)26-15-17-31(38-21-9-8-20-35)28(22-26)27-14-16-30(34-18-6-7-19-34)29(23-27)33(2,3)4/h10-17,22-23,35H,5-9,18-21H2,1-4H3. The van der Waals surface area contributed by atoms with Gasteiger partial charge in [-0.25, -0.2) is 4.79 Å². The van der Waals surface area contributed by atoms with Gasteiger partial charge in [-0.3, -0.25) is 0 Å². The number of hydrogen-bond donors (Lipinski definition) is 1. The molecule has 1 aliphatic heterocycles. The topological polar surface area (TPSA) is 59.0 Å². The number of rotatable bonds is 10. The molecule has 0 aliphatic carbocycles. The second kappa shape index (κ2) is 12.5. The van der Waals surface area contributed by atoms with Crippen molar-refractivity contribution in [2.75, 3.05) is 37.8 Å². The number of nitrogens with zero attached hydrogens (tertiary/aromatic N) is 1. The zero-order valence-electron chi connectivity index (χ0n) is 23.3. The van der Waals surface area contributed by atoms with Crippen LogP contribution in [-0.4, -0.2) is 44.0 Å². The lowest BCUT2D eigenvalue weighted by Crippen LogP contribution is -2.23. The quantitative estimate of drug-likeness (QED) is 0.228. The van der Waals surface area contributed by atoms with Crippen LogP contribution in [-0.2, 0) is 10.2 Å². The van der Waals surface area contributed by atoms with Gasteiger partial charge in [0.15, 0.2) is 0 Å². The van der Waals surface area contributed by atoms with Crippen molar-refractivity contribution >= 4 is 11.7 Å². The normalized spacial score (nSPS) is 13.6. The first-order valence-electron chi connectivity index (χ1n) is 13.9. The van der Waals surface area contributed by atoms with Crippen molar-refractivity contribution in [2.45, 2.75) is 58.8 Å². The predicted molar refractivity (Wildman–Crippen MR) is 155 cm³/mol. The maximum Gasteiger partial charge on any atom is 0.338 e. The van der Waals surface area contributed by atoms with Crippen LogP contribution in [0.4, 0.5) is 5.69 Å². The third kappa shape index (κ3) is 6.57. The Labute approximate surface area is 227 Å². The monoisotopic (exact) mass is 515 g/mol. The van der Waals surface area contributed by atoms with E-state index in [2.05, 4.69) is 56.0 Å². The Morgan fingerprint density at radius 1 is 0.895 bits per heavy atom. The molecule has 1 heterocycles. The van der Waals surface area contributed by atoms with Gasteiger partial charge in [-0.1, -0.05) is 45.0 Å². The van der Waals surface area contributed by atoms with E-state index < -0.39 is 0 Å². The lowest BCUT2D eigenvalue weighted by Gasteiger charge is -2.29. The summed E-state index contributed by atoms with van der Waals surface area (Å²) < 4.78 is 11.4. The van der Waals surface area contributed by atoms with Gasteiger partial charge < -0.3 is 19.5 Å². The van der Waals surface area contributed by atoms with Crippen molar-refractivity contribution in [2.24, 2.45) is 0 Å². The Morgan fingerprint density at radius 2 is 1.58 bits per heavy atom. The van der Waals surface area contributed by atoms with E-state index in [0.717, 1.165) is 53.9 Å². The van der Waals surface area contributed by atoms with E-state index in [0.29, 0.717) is 18.8 Å². The number of anilines is 1. The largest absolute Gasteiger partial charge is 0.493 e. The summed E-state index contributed by atoms with van der Waals surface area (Å²) in [4.78, 5) is 14.6. The number of aliphatic hydroxyl groups is 1. The van der Waals surface area contributed by atoms with E-state index in [1.54, 1.807) is 0 Å².